The second kappa shape index (κ2) is 4.67. The Balaban J connectivity index is 2.32. The third-order valence-electron chi connectivity index (χ3n) is 2.63. The third kappa shape index (κ3) is 2.17. The largest absolute Gasteiger partial charge is 0.394 e. The van der Waals surface area contributed by atoms with E-state index >= 15 is 0 Å². The van der Waals surface area contributed by atoms with Crippen molar-refractivity contribution in [1.82, 2.24) is 9.78 Å². The van der Waals surface area contributed by atoms with Gasteiger partial charge in [0.15, 0.2) is 6.23 Å². The highest BCUT2D eigenvalue weighted by atomic mass is 32.1. The standard InChI is InChI=1S/C9H12N2O5S/c12-3-4-6(13)7(14)9(16-4)11-2-1-5(17)8(15)10-11/h1-2,4,6-7,9,12-14H,3H2,(H,10,15)/t4-,6-,7-,9-/m1/s1. The number of nitrogens with zero attached hydrogens (tertiary/aromatic N) is 1. The zero-order valence-electron chi connectivity index (χ0n) is 8.68. The lowest BCUT2D eigenvalue weighted by molar-refractivity contribution is -0.0596. The van der Waals surface area contributed by atoms with Gasteiger partial charge in [-0.15, -0.1) is 0 Å². The van der Waals surface area contributed by atoms with Gasteiger partial charge >= 0.3 is 0 Å². The van der Waals surface area contributed by atoms with Gasteiger partial charge in [0, 0.05) is 6.20 Å². The van der Waals surface area contributed by atoms with E-state index in [1.165, 1.54) is 16.9 Å². The molecule has 8 heteroatoms. The summed E-state index contributed by atoms with van der Waals surface area (Å²) in [6.07, 6.45) is -2.84. The fourth-order valence-corrected chi connectivity index (χ4v) is 1.80. The molecule has 0 amide bonds. The molecular formula is C9H12N2O5S. The lowest BCUT2D eigenvalue weighted by atomic mass is 10.1. The van der Waals surface area contributed by atoms with E-state index in [0.29, 0.717) is 0 Å². The maximum Gasteiger partial charge on any atom is 0.280 e. The maximum absolute atomic E-state index is 11.3. The Morgan fingerprint density at radius 1 is 1.47 bits per heavy atom. The predicted molar refractivity (Wildman–Crippen MR) is 58.9 cm³/mol. The number of rotatable bonds is 2. The van der Waals surface area contributed by atoms with E-state index in [2.05, 4.69) is 5.10 Å². The Bertz CT molecular complexity index is 513. The van der Waals surface area contributed by atoms with Crippen LogP contribution in [-0.2, 0) is 4.74 Å². The van der Waals surface area contributed by atoms with Gasteiger partial charge < -0.3 is 20.1 Å². The van der Waals surface area contributed by atoms with Gasteiger partial charge in [-0.1, -0.05) is 12.2 Å². The third-order valence-corrected chi connectivity index (χ3v) is 2.95. The molecule has 94 valence electrons. The van der Waals surface area contributed by atoms with E-state index in [4.69, 9.17) is 22.1 Å². The zero-order chi connectivity index (χ0) is 12.6. The van der Waals surface area contributed by atoms with Crippen LogP contribution in [0.25, 0.3) is 0 Å². The summed E-state index contributed by atoms with van der Waals surface area (Å²) in [4.78, 5) is 11.3. The number of nitrogens with one attached hydrogen (secondary N) is 1. The molecular weight excluding hydrogens is 248 g/mol. The number of aromatic amines is 1. The van der Waals surface area contributed by atoms with Gasteiger partial charge in [-0.3, -0.25) is 14.6 Å². The van der Waals surface area contributed by atoms with Crippen molar-refractivity contribution in [3.05, 3.63) is 27.1 Å². The molecule has 0 aromatic carbocycles. The average Bonchev–Trinajstić information content (AvgIpc) is 2.60. The van der Waals surface area contributed by atoms with E-state index in [1.54, 1.807) is 0 Å². The minimum atomic E-state index is -1.23. The molecule has 4 N–H and O–H groups in total. The van der Waals surface area contributed by atoms with Crippen LogP contribution in [0, 0.1) is 4.51 Å². The Morgan fingerprint density at radius 3 is 2.71 bits per heavy atom. The van der Waals surface area contributed by atoms with Crippen molar-refractivity contribution < 1.29 is 20.1 Å². The van der Waals surface area contributed by atoms with E-state index in [9.17, 15) is 15.0 Å². The van der Waals surface area contributed by atoms with Gasteiger partial charge in [-0.25, -0.2) is 0 Å². The summed E-state index contributed by atoms with van der Waals surface area (Å²) in [5.74, 6) is 0. The monoisotopic (exact) mass is 260 g/mol. The molecule has 0 bridgehead atoms. The van der Waals surface area contributed by atoms with Crippen LogP contribution in [0.2, 0.25) is 0 Å². The van der Waals surface area contributed by atoms with Crippen molar-refractivity contribution in [2.75, 3.05) is 6.61 Å². The van der Waals surface area contributed by atoms with Crippen LogP contribution in [0.1, 0.15) is 6.23 Å². The van der Waals surface area contributed by atoms with E-state index in [-0.39, 0.29) is 4.51 Å². The second-order valence-corrected chi connectivity index (χ2v) is 4.20. The molecule has 1 aliphatic rings. The van der Waals surface area contributed by atoms with Crippen molar-refractivity contribution in [3.8, 4) is 0 Å². The molecule has 4 atom stereocenters. The summed E-state index contributed by atoms with van der Waals surface area (Å²) in [6, 6.07) is 1.39. The Morgan fingerprint density at radius 2 is 2.18 bits per heavy atom. The first-order valence-corrected chi connectivity index (χ1v) is 5.39. The SMILES string of the molecule is O=c1[nH]n([C@@H]2O[C@H](CO)[C@@H](O)[C@H]2O)ccc1=S. The minimum absolute atomic E-state index is 0.119. The number of hydrogen-bond donors (Lipinski definition) is 4. The average molecular weight is 260 g/mol. The summed E-state index contributed by atoms with van der Waals surface area (Å²) in [6.45, 7) is -0.418. The van der Waals surface area contributed by atoms with Crippen LogP contribution in [0.4, 0.5) is 0 Å². The van der Waals surface area contributed by atoms with Gasteiger partial charge in [-0.2, -0.15) is 0 Å². The van der Waals surface area contributed by atoms with Crippen LogP contribution in [0.15, 0.2) is 17.1 Å². The number of ether oxygens (including phenoxy) is 1. The molecule has 1 fully saturated rings. The second-order valence-electron chi connectivity index (χ2n) is 3.76. The highest BCUT2D eigenvalue weighted by molar-refractivity contribution is 7.71. The molecule has 1 aromatic heterocycles. The molecule has 1 aromatic rings. The number of aliphatic hydroxyl groups excluding tert-OH is 3. The lowest BCUT2D eigenvalue weighted by Crippen LogP contribution is -2.34. The summed E-state index contributed by atoms with van der Waals surface area (Å²) in [7, 11) is 0. The van der Waals surface area contributed by atoms with Crippen molar-refractivity contribution >= 4 is 12.2 Å². The first-order chi connectivity index (χ1) is 8.04. The van der Waals surface area contributed by atoms with Crippen molar-refractivity contribution in [1.29, 1.82) is 0 Å². The number of H-pyrrole nitrogens is 1. The Kier molecular flexibility index (Phi) is 3.40. The first-order valence-electron chi connectivity index (χ1n) is 4.98. The number of aliphatic hydroxyl groups is 3. The molecule has 17 heavy (non-hydrogen) atoms. The molecule has 0 spiro atoms. The molecule has 1 aliphatic heterocycles. The van der Waals surface area contributed by atoms with Gasteiger partial charge in [0.2, 0.25) is 0 Å². The summed E-state index contributed by atoms with van der Waals surface area (Å²) in [5.41, 5.74) is -0.486. The number of hydrogen-bond acceptors (Lipinski definition) is 6. The summed E-state index contributed by atoms with van der Waals surface area (Å²) in [5, 5.41) is 30.6. The van der Waals surface area contributed by atoms with Crippen molar-refractivity contribution in [3.63, 3.8) is 0 Å². The fraction of sp³-hybridized carbons (Fsp3) is 0.556. The molecule has 0 unspecified atom stereocenters. The number of aromatic nitrogens is 2. The van der Waals surface area contributed by atoms with Gasteiger partial charge in [0.05, 0.1) is 6.61 Å². The van der Waals surface area contributed by atoms with Crippen LogP contribution >= 0.6 is 12.2 Å². The lowest BCUT2D eigenvalue weighted by Gasteiger charge is -2.17. The van der Waals surface area contributed by atoms with Crippen LogP contribution < -0.4 is 5.56 Å². The predicted octanol–water partition coefficient (Wildman–Crippen LogP) is -1.48. The summed E-state index contributed by atoms with van der Waals surface area (Å²) < 4.78 is 6.55. The molecule has 2 rings (SSSR count). The molecule has 0 radical (unpaired) electrons. The van der Waals surface area contributed by atoms with Gasteiger partial charge in [-0.05, 0) is 6.07 Å². The highest BCUT2D eigenvalue weighted by Crippen LogP contribution is 2.27. The van der Waals surface area contributed by atoms with Crippen molar-refractivity contribution in [2.24, 2.45) is 0 Å². The Labute approximate surface area is 101 Å². The maximum atomic E-state index is 11.3. The summed E-state index contributed by atoms with van der Waals surface area (Å²) >= 11 is 4.74. The molecule has 1 saturated heterocycles. The van der Waals surface area contributed by atoms with Crippen LogP contribution in [0.3, 0.4) is 0 Å². The molecule has 7 nitrogen and oxygen atoms in total. The fourth-order valence-electron chi connectivity index (χ4n) is 1.69. The molecule has 2 heterocycles. The van der Waals surface area contributed by atoms with Gasteiger partial charge in [0.25, 0.3) is 5.56 Å². The zero-order valence-corrected chi connectivity index (χ0v) is 9.50. The van der Waals surface area contributed by atoms with Gasteiger partial charge in [0.1, 0.15) is 22.8 Å². The quantitative estimate of drug-likeness (QED) is 0.483. The smallest absolute Gasteiger partial charge is 0.280 e. The van der Waals surface area contributed by atoms with Crippen LogP contribution in [0.5, 0.6) is 0 Å². The van der Waals surface area contributed by atoms with Crippen LogP contribution in [-0.4, -0.2) is 50.0 Å². The van der Waals surface area contributed by atoms with E-state index < -0.39 is 36.7 Å². The molecule has 0 aliphatic carbocycles. The first kappa shape index (κ1) is 12.4. The molecule has 0 saturated carbocycles. The normalized spacial score (nSPS) is 32.9. The van der Waals surface area contributed by atoms with Crippen molar-refractivity contribution in [2.45, 2.75) is 24.5 Å². The minimum Gasteiger partial charge on any atom is -0.394 e. The topological polar surface area (TPSA) is 108 Å². The highest BCUT2D eigenvalue weighted by Gasteiger charge is 2.43. The van der Waals surface area contributed by atoms with E-state index in [1.807, 2.05) is 0 Å². The van der Waals surface area contributed by atoms with E-state index in [0.717, 1.165) is 0 Å². The Hall–Kier alpha value is -1.06.